The lowest BCUT2D eigenvalue weighted by molar-refractivity contribution is 0.605. The van der Waals surface area contributed by atoms with Gasteiger partial charge in [0.25, 0.3) is 0 Å². The summed E-state index contributed by atoms with van der Waals surface area (Å²) in [5.74, 6) is 1.05. The molecular weight excluding hydrogens is 481 g/mol. The lowest BCUT2D eigenvalue weighted by Crippen LogP contribution is -2.31. The van der Waals surface area contributed by atoms with E-state index in [0.29, 0.717) is 12.4 Å². The minimum absolute atomic E-state index is 0.0958. The number of benzene rings is 2. The van der Waals surface area contributed by atoms with Crippen LogP contribution in [0.1, 0.15) is 31.2 Å². The van der Waals surface area contributed by atoms with Gasteiger partial charge in [-0.3, -0.25) is 4.98 Å². The van der Waals surface area contributed by atoms with Gasteiger partial charge in [-0.05, 0) is 47.2 Å². The molecule has 5 aromatic rings. The highest BCUT2D eigenvalue weighted by molar-refractivity contribution is 7.20. The summed E-state index contributed by atoms with van der Waals surface area (Å²) < 4.78 is 15.3. The number of halogens is 1. The van der Waals surface area contributed by atoms with Gasteiger partial charge in [-0.1, -0.05) is 63.2 Å². The van der Waals surface area contributed by atoms with E-state index in [9.17, 15) is 4.39 Å². The van der Waals surface area contributed by atoms with E-state index < -0.39 is 0 Å². The average Bonchev–Trinajstić information content (AvgIpc) is 3.29. The third kappa shape index (κ3) is 5.53. The number of pyridine rings is 1. The van der Waals surface area contributed by atoms with Crippen LogP contribution in [0.4, 0.5) is 10.2 Å². The van der Waals surface area contributed by atoms with Gasteiger partial charge in [-0.25, -0.2) is 14.4 Å². The van der Waals surface area contributed by atoms with E-state index in [2.05, 4.69) is 43.2 Å². The van der Waals surface area contributed by atoms with E-state index in [1.165, 1.54) is 11.6 Å². The lowest BCUT2D eigenvalue weighted by atomic mass is 9.89. The van der Waals surface area contributed by atoms with Crippen LogP contribution in [-0.2, 0) is 11.8 Å². The highest BCUT2D eigenvalue weighted by Gasteiger charge is 2.27. The molecule has 5 rings (SSSR count). The molecule has 0 radical (unpaired) electrons. The fourth-order valence-electron chi connectivity index (χ4n) is 4.38. The predicted molar refractivity (Wildman–Crippen MR) is 151 cm³/mol. The summed E-state index contributed by atoms with van der Waals surface area (Å²) in [6, 6.07) is 20.7. The van der Waals surface area contributed by atoms with Gasteiger partial charge < -0.3 is 11.1 Å². The first-order valence-electron chi connectivity index (χ1n) is 12.3. The van der Waals surface area contributed by atoms with Crippen LogP contribution in [0.2, 0.25) is 0 Å². The Morgan fingerprint density at radius 3 is 2.41 bits per heavy atom. The Kier molecular flexibility index (Phi) is 7.00. The van der Waals surface area contributed by atoms with E-state index in [-0.39, 0.29) is 17.3 Å². The van der Waals surface area contributed by atoms with Crippen molar-refractivity contribution in [1.29, 1.82) is 0 Å². The van der Waals surface area contributed by atoms with Crippen molar-refractivity contribution in [1.82, 2.24) is 15.0 Å². The Bertz CT molecular complexity index is 1510. The molecule has 3 N–H and O–H groups in total. The molecular formula is C30H30FN5S. The van der Waals surface area contributed by atoms with Crippen LogP contribution < -0.4 is 11.1 Å². The smallest absolute Gasteiger partial charge is 0.162 e. The maximum absolute atomic E-state index is 14.3. The second-order valence-corrected chi connectivity index (χ2v) is 11.2. The van der Waals surface area contributed by atoms with Crippen LogP contribution in [0.5, 0.6) is 0 Å². The molecule has 0 saturated heterocycles. The first kappa shape index (κ1) is 25.0. The summed E-state index contributed by atoms with van der Waals surface area (Å²) in [5.41, 5.74) is 11.0. The van der Waals surface area contributed by atoms with Crippen molar-refractivity contribution < 1.29 is 4.39 Å². The number of nitrogens with zero attached hydrogens (tertiary/aromatic N) is 3. The van der Waals surface area contributed by atoms with E-state index >= 15 is 0 Å². The van der Waals surface area contributed by atoms with Crippen LogP contribution in [0.15, 0.2) is 79.1 Å². The van der Waals surface area contributed by atoms with Crippen molar-refractivity contribution in [3.63, 3.8) is 0 Å². The first-order chi connectivity index (χ1) is 17.8. The molecule has 2 aromatic carbocycles. The second kappa shape index (κ2) is 10.4. The van der Waals surface area contributed by atoms with Crippen molar-refractivity contribution in [2.24, 2.45) is 5.73 Å². The monoisotopic (exact) mass is 511 g/mol. The summed E-state index contributed by atoms with van der Waals surface area (Å²) in [5, 5.41) is 3.52. The molecule has 37 heavy (non-hydrogen) atoms. The Hall–Kier alpha value is -3.68. The molecule has 0 aliphatic carbocycles. The molecule has 0 amide bonds. The summed E-state index contributed by atoms with van der Waals surface area (Å²) in [6.07, 6.45) is 4.21. The van der Waals surface area contributed by atoms with Gasteiger partial charge in [0, 0.05) is 41.0 Å². The Balaban J connectivity index is 1.63. The third-order valence-corrected chi connectivity index (χ3v) is 7.75. The summed E-state index contributed by atoms with van der Waals surface area (Å²) in [6.45, 7) is 7.05. The molecule has 0 aliphatic heterocycles. The normalized spacial score (nSPS) is 12.6. The standard InChI is InChI=1S/C30H30FN5S/c1-30(2,3)27-24(21-10-7-11-22(31)17-21)25-26(37-27)29(36-28(35-25)20-12-14-33-15-13-20)34-18-23(32)16-19-8-5-4-6-9-19/h4-15,17,23H,16,18,32H2,1-3H3,(H,34,35,36)/t23-/m0/s1. The molecule has 3 heterocycles. The van der Waals surface area contributed by atoms with E-state index in [0.717, 1.165) is 44.0 Å². The highest BCUT2D eigenvalue weighted by Crippen LogP contribution is 2.46. The van der Waals surface area contributed by atoms with Crippen LogP contribution in [0.3, 0.4) is 0 Å². The topological polar surface area (TPSA) is 76.7 Å². The quantitative estimate of drug-likeness (QED) is 0.250. The molecule has 0 fully saturated rings. The SMILES string of the molecule is CC(C)(C)c1sc2c(NC[C@@H](N)Cc3ccccc3)nc(-c3ccncc3)nc2c1-c1cccc(F)c1. The first-order valence-corrected chi connectivity index (χ1v) is 13.2. The van der Waals surface area contributed by atoms with Crippen LogP contribution >= 0.6 is 11.3 Å². The largest absolute Gasteiger partial charge is 0.367 e. The predicted octanol–water partition coefficient (Wildman–Crippen LogP) is 6.84. The van der Waals surface area contributed by atoms with Crippen LogP contribution in [0, 0.1) is 5.82 Å². The molecule has 3 aromatic heterocycles. The van der Waals surface area contributed by atoms with Gasteiger partial charge in [0.05, 0.1) is 10.2 Å². The van der Waals surface area contributed by atoms with Gasteiger partial charge in [-0.2, -0.15) is 0 Å². The fourth-order valence-corrected chi connectivity index (χ4v) is 5.67. The van der Waals surface area contributed by atoms with Gasteiger partial charge in [0.2, 0.25) is 0 Å². The summed E-state index contributed by atoms with van der Waals surface area (Å²) in [7, 11) is 0. The molecule has 0 spiro atoms. The van der Waals surface area contributed by atoms with Crippen molar-refractivity contribution in [2.45, 2.75) is 38.6 Å². The Labute approximate surface area is 220 Å². The van der Waals surface area contributed by atoms with E-state index in [4.69, 9.17) is 15.7 Å². The van der Waals surface area contributed by atoms with Crippen molar-refractivity contribution in [3.05, 3.63) is 95.4 Å². The van der Waals surface area contributed by atoms with Crippen molar-refractivity contribution >= 4 is 27.4 Å². The number of fused-ring (bicyclic) bond motifs is 1. The minimum atomic E-state index is -0.273. The maximum Gasteiger partial charge on any atom is 0.162 e. The number of rotatable bonds is 7. The maximum atomic E-state index is 14.3. The minimum Gasteiger partial charge on any atom is -0.367 e. The number of aromatic nitrogens is 3. The van der Waals surface area contributed by atoms with Crippen molar-refractivity contribution in [2.75, 3.05) is 11.9 Å². The molecule has 7 heteroatoms. The zero-order valence-electron chi connectivity index (χ0n) is 21.2. The van der Waals surface area contributed by atoms with Gasteiger partial charge >= 0.3 is 0 Å². The average molecular weight is 512 g/mol. The zero-order chi connectivity index (χ0) is 26.0. The van der Waals surface area contributed by atoms with E-state index in [1.807, 2.05) is 36.4 Å². The van der Waals surface area contributed by atoms with Crippen molar-refractivity contribution in [3.8, 4) is 22.5 Å². The summed E-state index contributed by atoms with van der Waals surface area (Å²) in [4.78, 5) is 15.2. The number of anilines is 1. The second-order valence-electron chi connectivity index (χ2n) is 10.2. The number of nitrogens with two attached hydrogens (primary N) is 1. The molecule has 0 bridgehead atoms. The highest BCUT2D eigenvalue weighted by atomic mass is 32.1. The van der Waals surface area contributed by atoms with E-state index in [1.54, 1.807) is 35.9 Å². The molecule has 188 valence electrons. The summed E-state index contributed by atoms with van der Waals surface area (Å²) >= 11 is 1.65. The van der Waals surface area contributed by atoms with Gasteiger partial charge in [-0.15, -0.1) is 11.3 Å². The zero-order valence-corrected chi connectivity index (χ0v) is 22.0. The number of hydrogen-bond donors (Lipinski definition) is 2. The Morgan fingerprint density at radius 1 is 0.946 bits per heavy atom. The van der Waals surface area contributed by atoms with Gasteiger partial charge in [0.15, 0.2) is 5.82 Å². The molecule has 1 atom stereocenters. The third-order valence-electron chi connectivity index (χ3n) is 6.14. The van der Waals surface area contributed by atoms with Gasteiger partial charge in [0.1, 0.15) is 11.6 Å². The molecule has 0 unspecified atom stereocenters. The molecule has 0 saturated carbocycles. The number of nitrogens with one attached hydrogen (secondary N) is 1. The number of hydrogen-bond acceptors (Lipinski definition) is 6. The fraction of sp³-hybridized carbons (Fsp3) is 0.233. The van der Waals surface area contributed by atoms with Crippen LogP contribution in [0.25, 0.3) is 32.7 Å². The number of thiophene rings is 1. The molecule has 5 nitrogen and oxygen atoms in total. The Morgan fingerprint density at radius 2 is 1.70 bits per heavy atom. The lowest BCUT2D eigenvalue weighted by Gasteiger charge is -2.19. The molecule has 0 aliphatic rings. The van der Waals surface area contributed by atoms with Crippen LogP contribution in [-0.4, -0.2) is 27.5 Å².